The first-order chi connectivity index (χ1) is 7.12. The molecule has 0 bridgehead atoms. The molecular formula is C11H14O3S. The third-order valence-electron chi connectivity index (χ3n) is 2.01. The summed E-state index contributed by atoms with van der Waals surface area (Å²) in [5.74, 6) is 0. The van der Waals surface area contributed by atoms with Gasteiger partial charge in [0.25, 0.3) is 0 Å². The fourth-order valence-corrected chi connectivity index (χ4v) is 2.61. The lowest BCUT2D eigenvalue weighted by atomic mass is 10.4. The molecular weight excluding hydrogens is 212 g/mol. The van der Waals surface area contributed by atoms with Crippen LogP contribution in [-0.2, 0) is 14.6 Å². The van der Waals surface area contributed by atoms with Crippen LogP contribution in [0.15, 0.2) is 46.2 Å². The maximum atomic E-state index is 12.0. The summed E-state index contributed by atoms with van der Waals surface area (Å²) in [7, 11) is -1.90. The van der Waals surface area contributed by atoms with Gasteiger partial charge in [-0.15, -0.1) is 0 Å². The highest BCUT2D eigenvalue weighted by Gasteiger charge is 2.18. The zero-order valence-corrected chi connectivity index (χ0v) is 9.62. The minimum absolute atomic E-state index is 0.105. The minimum Gasteiger partial charge on any atom is -0.379 e. The van der Waals surface area contributed by atoms with Crippen LogP contribution in [0.1, 0.15) is 6.92 Å². The minimum atomic E-state index is -3.38. The van der Waals surface area contributed by atoms with Gasteiger partial charge in [-0.05, 0) is 19.1 Å². The third kappa shape index (κ3) is 2.67. The summed E-state index contributed by atoms with van der Waals surface area (Å²) in [6, 6.07) is 8.34. The Bertz CT molecular complexity index is 432. The van der Waals surface area contributed by atoms with Gasteiger partial charge < -0.3 is 4.74 Å². The lowest BCUT2D eigenvalue weighted by molar-refractivity contribution is 0.230. The van der Waals surface area contributed by atoms with Crippen LogP contribution in [0.25, 0.3) is 0 Å². The Morgan fingerprint density at radius 3 is 2.40 bits per heavy atom. The Morgan fingerprint density at radius 1 is 1.33 bits per heavy atom. The van der Waals surface area contributed by atoms with Gasteiger partial charge in [0.15, 0.2) is 0 Å². The van der Waals surface area contributed by atoms with Gasteiger partial charge in [0.1, 0.15) is 0 Å². The van der Waals surface area contributed by atoms with Gasteiger partial charge in [-0.1, -0.05) is 24.3 Å². The van der Waals surface area contributed by atoms with Crippen LogP contribution in [0.5, 0.6) is 0 Å². The van der Waals surface area contributed by atoms with E-state index in [1.165, 1.54) is 7.11 Å². The van der Waals surface area contributed by atoms with E-state index in [9.17, 15) is 8.42 Å². The van der Waals surface area contributed by atoms with Crippen LogP contribution in [0, 0.1) is 0 Å². The van der Waals surface area contributed by atoms with Gasteiger partial charge in [-0.2, -0.15) is 0 Å². The van der Waals surface area contributed by atoms with Crippen molar-refractivity contribution in [2.45, 2.75) is 11.8 Å². The van der Waals surface area contributed by atoms with Gasteiger partial charge >= 0.3 is 0 Å². The third-order valence-corrected chi connectivity index (χ3v) is 3.94. The van der Waals surface area contributed by atoms with Crippen LogP contribution < -0.4 is 0 Å². The molecule has 0 atom stereocenters. The van der Waals surface area contributed by atoms with Gasteiger partial charge in [0.05, 0.1) is 16.4 Å². The van der Waals surface area contributed by atoms with Crippen molar-refractivity contribution in [1.29, 1.82) is 0 Å². The van der Waals surface area contributed by atoms with E-state index in [0.717, 1.165) is 0 Å². The molecule has 0 aliphatic heterocycles. The Morgan fingerprint density at radius 2 is 1.93 bits per heavy atom. The molecule has 0 radical (unpaired) electrons. The second kappa shape index (κ2) is 5.09. The Balaban J connectivity index is 3.14. The van der Waals surface area contributed by atoms with Gasteiger partial charge in [-0.25, -0.2) is 8.42 Å². The van der Waals surface area contributed by atoms with Crippen molar-refractivity contribution in [3.05, 3.63) is 41.3 Å². The van der Waals surface area contributed by atoms with Crippen molar-refractivity contribution >= 4 is 9.84 Å². The first-order valence-corrected chi connectivity index (χ1v) is 6.05. The first-order valence-electron chi connectivity index (χ1n) is 4.57. The SMILES string of the molecule is CC=C(COC)S(=O)(=O)c1ccccc1. The molecule has 1 aromatic rings. The Labute approximate surface area is 90.3 Å². The fourth-order valence-electron chi connectivity index (χ4n) is 1.21. The molecule has 3 nitrogen and oxygen atoms in total. The second-order valence-corrected chi connectivity index (χ2v) is 5.01. The molecule has 1 aromatic carbocycles. The molecule has 15 heavy (non-hydrogen) atoms. The number of hydrogen-bond donors (Lipinski definition) is 0. The zero-order valence-electron chi connectivity index (χ0n) is 8.80. The van der Waals surface area contributed by atoms with Crippen LogP contribution in [0.2, 0.25) is 0 Å². The van der Waals surface area contributed by atoms with Crippen LogP contribution in [0.4, 0.5) is 0 Å². The molecule has 0 aromatic heterocycles. The second-order valence-electron chi connectivity index (χ2n) is 3.00. The molecule has 0 saturated heterocycles. The van der Waals surface area contributed by atoms with Crippen molar-refractivity contribution in [2.75, 3.05) is 13.7 Å². The van der Waals surface area contributed by atoms with Crippen molar-refractivity contribution in [1.82, 2.24) is 0 Å². The number of allylic oxidation sites excluding steroid dienone is 1. The molecule has 0 aliphatic carbocycles. The van der Waals surface area contributed by atoms with Crippen LogP contribution in [-0.4, -0.2) is 22.1 Å². The summed E-state index contributed by atoms with van der Waals surface area (Å²) in [5.41, 5.74) is 0. The molecule has 1 rings (SSSR count). The van der Waals surface area contributed by atoms with E-state index in [4.69, 9.17) is 4.74 Å². The maximum absolute atomic E-state index is 12.0. The standard InChI is InChI=1S/C11H14O3S/c1-3-10(9-14-2)15(12,13)11-7-5-4-6-8-11/h3-8H,9H2,1-2H3. The van der Waals surface area contributed by atoms with Crippen LogP contribution in [0.3, 0.4) is 0 Å². The normalized spacial score (nSPS) is 12.8. The highest BCUT2D eigenvalue weighted by atomic mass is 32.2. The lowest BCUT2D eigenvalue weighted by Gasteiger charge is -2.07. The predicted octanol–water partition coefficient (Wildman–Crippen LogP) is 2.01. The molecule has 82 valence electrons. The fraction of sp³-hybridized carbons (Fsp3) is 0.273. The number of methoxy groups -OCH3 is 1. The first kappa shape index (κ1) is 11.9. The highest BCUT2D eigenvalue weighted by Crippen LogP contribution is 2.18. The van der Waals surface area contributed by atoms with Crippen molar-refractivity contribution < 1.29 is 13.2 Å². The highest BCUT2D eigenvalue weighted by molar-refractivity contribution is 7.95. The maximum Gasteiger partial charge on any atom is 0.204 e. The molecule has 0 fully saturated rings. The lowest BCUT2D eigenvalue weighted by Crippen LogP contribution is -2.09. The molecule has 4 heteroatoms. The van der Waals surface area contributed by atoms with Crippen molar-refractivity contribution in [3.63, 3.8) is 0 Å². The molecule has 0 spiro atoms. The van der Waals surface area contributed by atoms with E-state index in [-0.39, 0.29) is 11.5 Å². The van der Waals surface area contributed by atoms with E-state index < -0.39 is 9.84 Å². The van der Waals surface area contributed by atoms with E-state index in [2.05, 4.69) is 0 Å². The summed E-state index contributed by atoms with van der Waals surface area (Å²) >= 11 is 0. The van der Waals surface area contributed by atoms with Crippen LogP contribution >= 0.6 is 0 Å². The largest absolute Gasteiger partial charge is 0.379 e. The number of benzene rings is 1. The molecule has 0 heterocycles. The molecule has 0 unspecified atom stereocenters. The summed E-state index contributed by atoms with van der Waals surface area (Å²) in [5, 5.41) is 0. The summed E-state index contributed by atoms with van der Waals surface area (Å²) in [6.07, 6.45) is 1.56. The Kier molecular flexibility index (Phi) is 4.05. The number of sulfone groups is 1. The molecule has 0 saturated carbocycles. The molecule has 0 N–H and O–H groups in total. The van der Waals surface area contributed by atoms with E-state index in [1.807, 2.05) is 0 Å². The van der Waals surface area contributed by atoms with Crippen molar-refractivity contribution in [2.24, 2.45) is 0 Å². The number of ether oxygens (including phenoxy) is 1. The quantitative estimate of drug-likeness (QED) is 0.788. The van der Waals surface area contributed by atoms with E-state index >= 15 is 0 Å². The smallest absolute Gasteiger partial charge is 0.204 e. The summed E-state index contributed by atoms with van der Waals surface area (Å²) in [6.45, 7) is 1.79. The van der Waals surface area contributed by atoms with E-state index in [0.29, 0.717) is 4.90 Å². The summed E-state index contributed by atoms with van der Waals surface area (Å²) < 4.78 is 28.9. The average Bonchev–Trinajstić information content (AvgIpc) is 2.27. The molecule has 0 aliphatic rings. The van der Waals surface area contributed by atoms with E-state index in [1.54, 1.807) is 43.3 Å². The number of hydrogen-bond acceptors (Lipinski definition) is 3. The summed E-state index contributed by atoms with van der Waals surface area (Å²) in [4.78, 5) is 0.589. The van der Waals surface area contributed by atoms with Gasteiger partial charge in [0, 0.05) is 7.11 Å². The topological polar surface area (TPSA) is 43.4 Å². The van der Waals surface area contributed by atoms with Crippen molar-refractivity contribution in [3.8, 4) is 0 Å². The predicted molar refractivity (Wildman–Crippen MR) is 59.3 cm³/mol. The average molecular weight is 226 g/mol. The Hall–Kier alpha value is -1.13. The monoisotopic (exact) mass is 226 g/mol. The van der Waals surface area contributed by atoms with Gasteiger partial charge in [0.2, 0.25) is 9.84 Å². The van der Waals surface area contributed by atoms with Gasteiger partial charge in [-0.3, -0.25) is 0 Å². The zero-order chi connectivity index (χ0) is 11.3. The molecule has 0 amide bonds. The number of rotatable bonds is 4.